The predicted octanol–water partition coefficient (Wildman–Crippen LogP) is 0.148. The van der Waals surface area contributed by atoms with Crippen LogP contribution in [0.4, 0.5) is 0 Å². The van der Waals surface area contributed by atoms with Crippen molar-refractivity contribution in [2.45, 2.75) is 0 Å². The summed E-state index contributed by atoms with van der Waals surface area (Å²) in [4.78, 5) is 0. The lowest BCUT2D eigenvalue weighted by Crippen LogP contribution is -2.29. The fourth-order valence-corrected chi connectivity index (χ4v) is 0.937. The molecule has 58 valence electrons. The van der Waals surface area contributed by atoms with E-state index in [2.05, 4.69) is 15.4 Å². The van der Waals surface area contributed by atoms with Gasteiger partial charge in [-0.15, -0.1) is 10.2 Å². The van der Waals surface area contributed by atoms with Crippen LogP contribution in [0.15, 0.2) is 43.0 Å². The van der Waals surface area contributed by atoms with Gasteiger partial charge in [0.05, 0.1) is 0 Å². The summed E-state index contributed by atoms with van der Waals surface area (Å²) < 4.78 is 1.92. The smallest absolute Gasteiger partial charge is 0.164 e. The third kappa shape index (κ3) is 1.27. The average Bonchev–Trinajstić information content (AvgIpc) is 2.21. The topological polar surface area (TPSA) is 42.5 Å². The van der Waals surface area contributed by atoms with Crippen LogP contribution in [0.3, 0.4) is 0 Å². The van der Waals surface area contributed by atoms with Crippen LogP contribution >= 0.6 is 0 Å². The van der Waals surface area contributed by atoms with Gasteiger partial charge in [-0.1, -0.05) is 6.07 Å². The van der Waals surface area contributed by atoms with Crippen LogP contribution in [0.5, 0.6) is 0 Å². The molecule has 0 saturated carbocycles. The van der Waals surface area contributed by atoms with Gasteiger partial charge in [0.2, 0.25) is 0 Å². The fraction of sp³-hybridized carbons (Fsp3) is 0. The van der Waals surface area contributed by atoms with Crippen LogP contribution < -0.4 is 4.57 Å². The summed E-state index contributed by atoms with van der Waals surface area (Å²) in [5.41, 5.74) is 0.908. The maximum Gasteiger partial charge on any atom is 0.251 e. The lowest BCUT2D eigenvalue weighted by atomic mass is 10.4. The molecule has 0 unspecified atom stereocenters. The molecule has 0 bridgehead atoms. The highest BCUT2D eigenvalue weighted by atomic mass is 15.3. The number of hydrogen-bond donors (Lipinski definition) is 0. The van der Waals surface area contributed by atoms with E-state index in [1.807, 2.05) is 35.2 Å². The third-order valence-electron chi connectivity index (χ3n) is 1.50. The summed E-state index contributed by atoms with van der Waals surface area (Å²) >= 11 is 0. The Morgan fingerprint density at radius 2 is 1.58 bits per heavy atom. The largest absolute Gasteiger partial charge is 0.251 e. The maximum atomic E-state index is 3.68. The summed E-state index contributed by atoms with van der Waals surface area (Å²) in [5, 5.41) is 10.8. The first kappa shape index (κ1) is 6.84. The molecule has 4 nitrogen and oxygen atoms in total. The molecule has 0 aliphatic heterocycles. The van der Waals surface area contributed by atoms with Crippen molar-refractivity contribution in [2.75, 3.05) is 0 Å². The monoisotopic (exact) mass is 159 g/mol. The highest BCUT2D eigenvalue weighted by Gasteiger charge is 2.02. The third-order valence-corrected chi connectivity index (χ3v) is 1.50. The Morgan fingerprint density at radius 1 is 0.917 bits per heavy atom. The van der Waals surface area contributed by atoms with E-state index >= 15 is 0 Å². The summed E-state index contributed by atoms with van der Waals surface area (Å²) in [5.74, 6) is 0. The highest BCUT2D eigenvalue weighted by Crippen LogP contribution is 1.89. The van der Waals surface area contributed by atoms with Crippen molar-refractivity contribution in [3.63, 3.8) is 0 Å². The second-order valence-corrected chi connectivity index (χ2v) is 2.29. The quantitative estimate of drug-likeness (QED) is 0.556. The molecular weight excluding hydrogens is 152 g/mol. The van der Waals surface area contributed by atoms with E-state index < -0.39 is 0 Å². The van der Waals surface area contributed by atoms with Gasteiger partial charge in [-0.05, 0) is 5.21 Å². The van der Waals surface area contributed by atoms with Gasteiger partial charge in [0, 0.05) is 12.1 Å². The van der Waals surface area contributed by atoms with E-state index in [4.69, 9.17) is 0 Å². The van der Waals surface area contributed by atoms with Gasteiger partial charge in [-0.3, -0.25) is 0 Å². The van der Waals surface area contributed by atoms with Gasteiger partial charge in [0.1, 0.15) is 12.4 Å². The minimum Gasteiger partial charge on any atom is -0.164 e. The summed E-state index contributed by atoms with van der Waals surface area (Å²) in [7, 11) is 0. The first-order valence-electron chi connectivity index (χ1n) is 3.57. The first-order valence-corrected chi connectivity index (χ1v) is 3.57. The molecule has 2 rings (SSSR count). The van der Waals surface area contributed by atoms with Gasteiger partial charge in [0.15, 0.2) is 12.4 Å². The summed E-state index contributed by atoms with van der Waals surface area (Å²) in [6, 6.07) is 5.85. The van der Waals surface area contributed by atoms with Crippen LogP contribution in [0, 0.1) is 0 Å². The van der Waals surface area contributed by atoms with Crippen molar-refractivity contribution in [3.8, 4) is 5.69 Å². The molecule has 0 saturated heterocycles. The molecule has 2 heterocycles. The van der Waals surface area contributed by atoms with E-state index in [1.165, 1.54) is 0 Å². The van der Waals surface area contributed by atoms with Crippen molar-refractivity contribution in [1.29, 1.82) is 0 Å². The van der Waals surface area contributed by atoms with Crippen molar-refractivity contribution in [3.05, 3.63) is 43.0 Å². The number of nitrogens with zero attached hydrogens (tertiary/aromatic N) is 4. The molecule has 4 heteroatoms. The second-order valence-electron chi connectivity index (χ2n) is 2.29. The standard InChI is InChI=1S/C8H7N4/c1-2-4-12(5-3-1)8-6-9-11-10-7-8/h1-7H/q+1. The Labute approximate surface area is 69.5 Å². The first-order chi connectivity index (χ1) is 5.97. The normalized spacial score (nSPS) is 9.67. The van der Waals surface area contributed by atoms with Gasteiger partial charge >= 0.3 is 0 Å². The number of pyridine rings is 1. The molecule has 0 spiro atoms. The van der Waals surface area contributed by atoms with Crippen molar-refractivity contribution in [2.24, 2.45) is 0 Å². The molecule has 2 aromatic heterocycles. The van der Waals surface area contributed by atoms with Crippen molar-refractivity contribution >= 4 is 0 Å². The molecule has 0 fully saturated rings. The van der Waals surface area contributed by atoms with Crippen LogP contribution in [0.2, 0.25) is 0 Å². The maximum absolute atomic E-state index is 3.68. The zero-order valence-corrected chi connectivity index (χ0v) is 6.33. The molecule has 0 aromatic carbocycles. The van der Waals surface area contributed by atoms with E-state index in [0.29, 0.717) is 0 Å². The Bertz CT molecular complexity index is 308. The SMILES string of the molecule is c1cc[n+](-c2cnnnc2)cc1. The lowest BCUT2D eigenvalue weighted by molar-refractivity contribution is -0.596. The molecule has 0 aliphatic carbocycles. The number of rotatable bonds is 1. The number of aromatic nitrogens is 4. The van der Waals surface area contributed by atoms with E-state index in [0.717, 1.165) is 5.69 Å². The highest BCUT2D eigenvalue weighted by molar-refractivity contribution is 5.09. The van der Waals surface area contributed by atoms with Crippen LogP contribution in [-0.2, 0) is 0 Å². The zero-order chi connectivity index (χ0) is 8.23. The van der Waals surface area contributed by atoms with E-state index in [9.17, 15) is 0 Å². The molecule has 0 radical (unpaired) electrons. The summed E-state index contributed by atoms with van der Waals surface area (Å²) in [6.45, 7) is 0. The molecule has 0 N–H and O–H groups in total. The Kier molecular flexibility index (Phi) is 1.74. The molecule has 0 atom stereocenters. The Balaban J connectivity index is 2.46. The Morgan fingerprint density at radius 3 is 2.25 bits per heavy atom. The van der Waals surface area contributed by atoms with Crippen molar-refractivity contribution < 1.29 is 4.57 Å². The predicted molar refractivity (Wildman–Crippen MR) is 41.4 cm³/mol. The van der Waals surface area contributed by atoms with E-state index in [1.54, 1.807) is 12.4 Å². The van der Waals surface area contributed by atoms with E-state index in [-0.39, 0.29) is 0 Å². The molecule has 0 aliphatic rings. The van der Waals surface area contributed by atoms with Gasteiger partial charge in [-0.25, -0.2) is 0 Å². The number of hydrogen-bond acceptors (Lipinski definition) is 3. The molecule has 0 amide bonds. The van der Waals surface area contributed by atoms with Gasteiger partial charge in [0.25, 0.3) is 5.69 Å². The molecule has 2 aromatic rings. The fourth-order valence-electron chi connectivity index (χ4n) is 0.937. The van der Waals surface area contributed by atoms with Crippen LogP contribution in [-0.4, -0.2) is 15.4 Å². The molecular formula is C8H7N4+. The van der Waals surface area contributed by atoms with Crippen molar-refractivity contribution in [1.82, 2.24) is 15.4 Å². The van der Waals surface area contributed by atoms with Crippen LogP contribution in [0.25, 0.3) is 5.69 Å². The lowest BCUT2D eigenvalue weighted by Gasteiger charge is -1.89. The molecule has 12 heavy (non-hydrogen) atoms. The average molecular weight is 159 g/mol. The summed E-state index contributed by atoms with van der Waals surface area (Å²) in [6.07, 6.45) is 7.18. The second kappa shape index (κ2) is 3.04. The van der Waals surface area contributed by atoms with Crippen LogP contribution in [0.1, 0.15) is 0 Å². The minimum absolute atomic E-state index is 0.908. The Hall–Kier alpha value is -1.84. The minimum atomic E-state index is 0.908. The zero-order valence-electron chi connectivity index (χ0n) is 6.33. The van der Waals surface area contributed by atoms with Gasteiger partial charge in [-0.2, -0.15) is 4.57 Å². The van der Waals surface area contributed by atoms with Gasteiger partial charge < -0.3 is 0 Å².